The molecule has 0 saturated carbocycles. The average Bonchev–Trinajstić information content (AvgIpc) is 2.35. The molecule has 1 aliphatic rings. The molecule has 5 heteroatoms. The molecule has 1 unspecified atom stereocenters. The van der Waals surface area contributed by atoms with E-state index in [9.17, 15) is 9.50 Å². The Bertz CT molecular complexity index is 395. The van der Waals surface area contributed by atoms with Crippen LogP contribution in [0.15, 0.2) is 18.2 Å². The Hall–Kier alpha value is -1.17. The molecule has 2 rings (SSSR count). The van der Waals surface area contributed by atoms with Gasteiger partial charge in [-0.15, -0.1) is 0 Å². The summed E-state index contributed by atoms with van der Waals surface area (Å²) in [6.07, 6.45) is 0.152. The number of phenols is 1. The van der Waals surface area contributed by atoms with Crippen molar-refractivity contribution < 1.29 is 14.2 Å². The van der Waals surface area contributed by atoms with Crippen LogP contribution in [0.1, 0.15) is 5.56 Å². The van der Waals surface area contributed by atoms with Gasteiger partial charge in [-0.25, -0.2) is 4.39 Å². The average molecular weight is 254 g/mol. The first-order valence-corrected chi connectivity index (χ1v) is 6.13. The maximum absolute atomic E-state index is 13.1. The SMILES string of the molecule is CN(Cc1cc(F)ccc1O)CC1CNCCO1. The summed E-state index contributed by atoms with van der Waals surface area (Å²) >= 11 is 0. The lowest BCUT2D eigenvalue weighted by Gasteiger charge is -2.28. The van der Waals surface area contributed by atoms with Crippen LogP contribution in [-0.2, 0) is 11.3 Å². The Morgan fingerprint density at radius 3 is 3.11 bits per heavy atom. The predicted molar refractivity (Wildman–Crippen MR) is 67.0 cm³/mol. The van der Waals surface area contributed by atoms with Gasteiger partial charge in [-0.05, 0) is 25.2 Å². The van der Waals surface area contributed by atoms with Crippen LogP contribution < -0.4 is 5.32 Å². The van der Waals surface area contributed by atoms with Crippen molar-refractivity contribution in [1.29, 1.82) is 0 Å². The minimum absolute atomic E-state index is 0.130. The van der Waals surface area contributed by atoms with Crippen LogP contribution in [0.4, 0.5) is 4.39 Å². The van der Waals surface area contributed by atoms with E-state index in [1.54, 1.807) is 0 Å². The Kier molecular flexibility index (Phi) is 4.52. The van der Waals surface area contributed by atoms with Crippen molar-refractivity contribution >= 4 is 0 Å². The van der Waals surface area contributed by atoms with Gasteiger partial charge >= 0.3 is 0 Å². The highest BCUT2D eigenvalue weighted by Gasteiger charge is 2.16. The molecule has 0 spiro atoms. The first-order chi connectivity index (χ1) is 8.65. The van der Waals surface area contributed by atoms with Gasteiger partial charge in [0.1, 0.15) is 11.6 Å². The van der Waals surface area contributed by atoms with Crippen molar-refractivity contribution in [2.45, 2.75) is 12.6 Å². The largest absolute Gasteiger partial charge is 0.508 e. The summed E-state index contributed by atoms with van der Waals surface area (Å²) in [6.45, 7) is 3.71. The molecule has 2 N–H and O–H groups in total. The van der Waals surface area contributed by atoms with Gasteiger partial charge in [-0.3, -0.25) is 4.90 Å². The Labute approximate surface area is 106 Å². The zero-order valence-electron chi connectivity index (χ0n) is 10.5. The van der Waals surface area contributed by atoms with Crippen LogP contribution in [0.25, 0.3) is 0 Å². The molecule has 0 aliphatic carbocycles. The van der Waals surface area contributed by atoms with Gasteiger partial charge in [-0.2, -0.15) is 0 Å². The fourth-order valence-corrected chi connectivity index (χ4v) is 2.12. The molecule has 1 saturated heterocycles. The Balaban J connectivity index is 1.89. The summed E-state index contributed by atoms with van der Waals surface area (Å²) in [5.41, 5.74) is 0.598. The number of nitrogens with zero attached hydrogens (tertiary/aromatic N) is 1. The van der Waals surface area contributed by atoms with Gasteiger partial charge in [0.15, 0.2) is 0 Å². The van der Waals surface area contributed by atoms with Gasteiger partial charge in [0.05, 0.1) is 12.7 Å². The summed E-state index contributed by atoms with van der Waals surface area (Å²) in [6, 6.07) is 4.01. The normalized spacial score (nSPS) is 20.3. The van der Waals surface area contributed by atoms with E-state index in [0.29, 0.717) is 12.1 Å². The highest BCUT2D eigenvalue weighted by molar-refractivity contribution is 5.32. The van der Waals surface area contributed by atoms with Crippen molar-refractivity contribution in [3.05, 3.63) is 29.6 Å². The number of morpholine rings is 1. The van der Waals surface area contributed by atoms with E-state index in [4.69, 9.17) is 4.74 Å². The summed E-state index contributed by atoms with van der Waals surface area (Å²) in [5, 5.41) is 12.9. The second-order valence-electron chi connectivity index (χ2n) is 4.67. The van der Waals surface area contributed by atoms with Crippen LogP contribution in [-0.4, -0.2) is 49.4 Å². The monoisotopic (exact) mass is 254 g/mol. The first-order valence-electron chi connectivity index (χ1n) is 6.13. The fraction of sp³-hybridized carbons (Fsp3) is 0.538. The molecule has 0 radical (unpaired) electrons. The molecule has 0 amide bonds. The number of rotatable bonds is 4. The molecular formula is C13H19FN2O2. The minimum Gasteiger partial charge on any atom is -0.508 e. The van der Waals surface area contributed by atoms with Crippen molar-refractivity contribution in [1.82, 2.24) is 10.2 Å². The summed E-state index contributed by atoms with van der Waals surface area (Å²) in [5.74, 6) is -0.197. The Morgan fingerprint density at radius 2 is 2.39 bits per heavy atom. The maximum atomic E-state index is 13.1. The molecule has 1 aliphatic heterocycles. The molecule has 1 aromatic carbocycles. The van der Waals surface area contributed by atoms with Crippen LogP contribution in [0.3, 0.4) is 0 Å². The van der Waals surface area contributed by atoms with Crippen molar-refractivity contribution in [2.75, 3.05) is 33.3 Å². The summed E-state index contributed by atoms with van der Waals surface area (Å²) < 4.78 is 18.7. The van der Waals surface area contributed by atoms with Crippen LogP contribution >= 0.6 is 0 Å². The number of phenolic OH excluding ortho intramolecular Hbond substituents is 1. The quantitative estimate of drug-likeness (QED) is 0.840. The van der Waals surface area contributed by atoms with E-state index >= 15 is 0 Å². The highest BCUT2D eigenvalue weighted by Crippen LogP contribution is 2.19. The second kappa shape index (κ2) is 6.13. The van der Waals surface area contributed by atoms with Gasteiger partial charge in [0, 0.05) is 31.7 Å². The second-order valence-corrected chi connectivity index (χ2v) is 4.67. The number of aromatic hydroxyl groups is 1. The van der Waals surface area contributed by atoms with Crippen molar-refractivity contribution in [3.63, 3.8) is 0 Å². The van der Waals surface area contributed by atoms with E-state index in [0.717, 1.165) is 26.2 Å². The molecule has 0 aromatic heterocycles. The fourth-order valence-electron chi connectivity index (χ4n) is 2.12. The maximum Gasteiger partial charge on any atom is 0.123 e. The lowest BCUT2D eigenvalue weighted by molar-refractivity contribution is 0.00874. The molecule has 1 atom stereocenters. The van der Waals surface area contributed by atoms with E-state index in [-0.39, 0.29) is 17.7 Å². The topological polar surface area (TPSA) is 44.7 Å². The molecule has 0 bridgehead atoms. The van der Waals surface area contributed by atoms with Gasteiger partial charge in [0.2, 0.25) is 0 Å². The number of hydrogen-bond acceptors (Lipinski definition) is 4. The van der Waals surface area contributed by atoms with E-state index < -0.39 is 0 Å². The lowest BCUT2D eigenvalue weighted by atomic mass is 10.1. The highest BCUT2D eigenvalue weighted by atomic mass is 19.1. The summed E-state index contributed by atoms with van der Waals surface area (Å²) in [4.78, 5) is 2.02. The number of ether oxygens (including phenoxy) is 1. The molecule has 4 nitrogen and oxygen atoms in total. The van der Waals surface area contributed by atoms with E-state index in [2.05, 4.69) is 5.32 Å². The van der Waals surface area contributed by atoms with E-state index in [1.807, 2.05) is 11.9 Å². The summed E-state index contributed by atoms with van der Waals surface area (Å²) in [7, 11) is 1.93. The van der Waals surface area contributed by atoms with Gasteiger partial charge < -0.3 is 15.2 Å². The first kappa shape index (κ1) is 13.3. The van der Waals surface area contributed by atoms with Crippen LogP contribution in [0.2, 0.25) is 0 Å². The number of nitrogens with one attached hydrogen (secondary N) is 1. The van der Waals surface area contributed by atoms with Crippen molar-refractivity contribution in [2.24, 2.45) is 0 Å². The minimum atomic E-state index is -0.327. The number of halogens is 1. The third-order valence-corrected chi connectivity index (χ3v) is 3.00. The van der Waals surface area contributed by atoms with Gasteiger partial charge in [0.25, 0.3) is 0 Å². The third kappa shape index (κ3) is 3.66. The molecule has 18 heavy (non-hydrogen) atoms. The predicted octanol–water partition coefficient (Wildman–Crippen LogP) is 0.951. The Morgan fingerprint density at radius 1 is 1.56 bits per heavy atom. The zero-order valence-corrected chi connectivity index (χ0v) is 10.5. The van der Waals surface area contributed by atoms with Crippen molar-refractivity contribution in [3.8, 4) is 5.75 Å². The zero-order chi connectivity index (χ0) is 13.0. The number of benzene rings is 1. The van der Waals surface area contributed by atoms with Crippen LogP contribution in [0.5, 0.6) is 5.75 Å². The number of likely N-dealkylation sites (N-methyl/N-ethyl adjacent to an activating group) is 1. The molecule has 1 heterocycles. The number of hydrogen-bond donors (Lipinski definition) is 2. The molecule has 1 aromatic rings. The van der Waals surface area contributed by atoms with E-state index in [1.165, 1.54) is 18.2 Å². The third-order valence-electron chi connectivity index (χ3n) is 3.00. The molecular weight excluding hydrogens is 235 g/mol. The van der Waals surface area contributed by atoms with Crippen LogP contribution in [0, 0.1) is 5.82 Å². The lowest BCUT2D eigenvalue weighted by Crippen LogP contribution is -2.44. The molecule has 100 valence electrons. The standard InChI is InChI=1S/C13H19FN2O2/c1-16(9-12-7-15-4-5-18-12)8-10-6-11(14)2-3-13(10)17/h2-3,6,12,15,17H,4-5,7-9H2,1H3. The smallest absolute Gasteiger partial charge is 0.123 e. The van der Waals surface area contributed by atoms with Gasteiger partial charge in [-0.1, -0.05) is 0 Å². The molecule has 1 fully saturated rings.